The molecule has 3 rings (SSSR count). The molecule has 0 aromatic heterocycles. The van der Waals surface area contributed by atoms with Gasteiger partial charge in [-0.3, -0.25) is 9.69 Å². The van der Waals surface area contributed by atoms with Crippen LogP contribution >= 0.6 is 12.2 Å². The molecule has 2 saturated carbocycles. The van der Waals surface area contributed by atoms with E-state index in [0.29, 0.717) is 4.99 Å². The highest BCUT2D eigenvalue weighted by Gasteiger charge is 2.44. The molecule has 1 atom stereocenters. The number of rotatable bonds is 4. The number of nitrogens with two attached hydrogens (primary N) is 1. The first-order valence-electron chi connectivity index (χ1n) is 7.97. The SMILES string of the molecule is NC(=S)C1(C(=O)NC2CCN(C3CC3)C2)CCCCC1. The van der Waals surface area contributed by atoms with E-state index in [-0.39, 0.29) is 11.9 Å². The van der Waals surface area contributed by atoms with Crippen LogP contribution in [-0.2, 0) is 4.79 Å². The van der Waals surface area contributed by atoms with Gasteiger partial charge < -0.3 is 11.1 Å². The van der Waals surface area contributed by atoms with Crippen LogP contribution in [0.5, 0.6) is 0 Å². The van der Waals surface area contributed by atoms with Crippen molar-refractivity contribution in [2.24, 2.45) is 11.1 Å². The van der Waals surface area contributed by atoms with Gasteiger partial charge in [0.15, 0.2) is 0 Å². The molecule has 0 spiro atoms. The van der Waals surface area contributed by atoms with Crippen LogP contribution in [0.15, 0.2) is 0 Å². The second kappa shape index (κ2) is 5.60. The highest BCUT2D eigenvalue weighted by Crippen LogP contribution is 2.37. The third-order valence-electron chi connectivity index (χ3n) is 5.23. The van der Waals surface area contributed by atoms with Crippen LogP contribution in [0, 0.1) is 5.41 Å². The van der Waals surface area contributed by atoms with E-state index in [9.17, 15) is 4.79 Å². The Morgan fingerprint density at radius 1 is 1.20 bits per heavy atom. The Balaban J connectivity index is 1.60. The van der Waals surface area contributed by atoms with Gasteiger partial charge in [0.2, 0.25) is 5.91 Å². The lowest BCUT2D eigenvalue weighted by Gasteiger charge is -2.35. The smallest absolute Gasteiger partial charge is 0.233 e. The molecule has 3 aliphatic rings. The van der Waals surface area contributed by atoms with Crippen molar-refractivity contribution in [3.05, 3.63) is 0 Å². The molecular formula is C15H25N3OS. The number of carbonyl (C=O) groups excluding carboxylic acids is 1. The maximum absolute atomic E-state index is 12.7. The third-order valence-corrected chi connectivity index (χ3v) is 5.62. The van der Waals surface area contributed by atoms with Gasteiger partial charge in [-0.15, -0.1) is 0 Å². The van der Waals surface area contributed by atoms with Crippen LogP contribution < -0.4 is 11.1 Å². The zero-order chi connectivity index (χ0) is 14.2. The molecule has 1 saturated heterocycles. The van der Waals surface area contributed by atoms with Gasteiger partial charge in [0, 0.05) is 25.2 Å². The van der Waals surface area contributed by atoms with Gasteiger partial charge in [0.1, 0.15) is 0 Å². The summed E-state index contributed by atoms with van der Waals surface area (Å²) in [5, 5.41) is 3.24. The highest BCUT2D eigenvalue weighted by molar-refractivity contribution is 7.80. The standard InChI is InChI=1S/C15H25N3OS/c16-13(20)15(7-2-1-3-8-15)14(19)17-11-6-9-18(10-11)12-4-5-12/h11-12H,1-10H2,(H2,16,20)(H,17,19). The van der Waals surface area contributed by atoms with Gasteiger partial charge in [-0.25, -0.2) is 0 Å². The molecule has 0 bridgehead atoms. The van der Waals surface area contributed by atoms with Crippen molar-refractivity contribution < 1.29 is 4.79 Å². The van der Waals surface area contributed by atoms with Crippen molar-refractivity contribution in [3.63, 3.8) is 0 Å². The maximum atomic E-state index is 12.7. The fourth-order valence-electron chi connectivity index (χ4n) is 3.74. The molecule has 3 fully saturated rings. The molecule has 0 radical (unpaired) electrons. The van der Waals surface area contributed by atoms with Crippen molar-refractivity contribution in [1.82, 2.24) is 10.2 Å². The molecule has 1 unspecified atom stereocenters. The predicted molar refractivity (Wildman–Crippen MR) is 83.4 cm³/mol. The quantitative estimate of drug-likeness (QED) is 0.773. The fraction of sp³-hybridized carbons (Fsp3) is 0.867. The molecule has 3 N–H and O–H groups in total. The van der Waals surface area contributed by atoms with Crippen LogP contribution in [0.3, 0.4) is 0 Å². The molecule has 112 valence electrons. The van der Waals surface area contributed by atoms with E-state index >= 15 is 0 Å². The Labute approximate surface area is 126 Å². The minimum atomic E-state index is -0.569. The summed E-state index contributed by atoms with van der Waals surface area (Å²) in [7, 11) is 0. The van der Waals surface area contributed by atoms with E-state index in [1.54, 1.807) is 0 Å². The minimum Gasteiger partial charge on any atom is -0.392 e. The second-order valence-corrected chi connectivity index (χ2v) is 7.13. The summed E-state index contributed by atoms with van der Waals surface area (Å²) in [6, 6.07) is 1.08. The Morgan fingerprint density at radius 2 is 1.90 bits per heavy atom. The van der Waals surface area contributed by atoms with Crippen LogP contribution in [-0.4, -0.2) is 41.0 Å². The van der Waals surface area contributed by atoms with Gasteiger partial charge in [-0.1, -0.05) is 31.5 Å². The zero-order valence-corrected chi connectivity index (χ0v) is 12.9. The van der Waals surface area contributed by atoms with Crippen molar-refractivity contribution in [1.29, 1.82) is 0 Å². The number of nitrogens with one attached hydrogen (secondary N) is 1. The van der Waals surface area contributed by atoms with E-state index in [2.05, 4.69) is 10.2 Å². The number of amides is 1. The average Bonchev–Trinajstić information content (AvgIpc) is 3.20. The molecule has 0 aromatic carbocycles. The van der Waals surface area contributed by atoms with E-state index in [1.165, 1.54) is 19.3 Å². The first-order chi connectivity index (χ1) is 9.62. The molecule has 20 heavy (non-hydrogen) atoms. The molecule has 1 aliphatic heterocycles. The average molecular weight is 295 g/mol. The summed E-state index contributed by atoms with van der Waals surface area (Å²) in [5.74, 6) is 0.0901. The number of thiocarbonyl (C=S) groups is 1. The van der Waals surface area contributed by atoms with Crippen LogP contribution in [0.4, 0.5) is 0 Å². The van der Waals surface area contributed by atoms with Gasteiger partial charge in [0.25, 0.3) is 0 Å². The lowest BCUT2D eigenvalue weighted by molar-refractivity contribution is -0.129. The first-order valence-corrected chi connectivity index (χ1v) is 8.37. The predicted octanol–water partition coefficient (Wildman–Crippen LogP) is 1.58. The van der Waals surface area contributed by atoms with Crippen molar-refractivity contribution in [2.45, 2.75) is 63.5 Å². The first kappa shape index (κ1) is 14.3. The van der Waals surface area contributed by atoms with Crippen LogP contribution in [0.1, 0.15) is 51.4 Å². The molecule has 4 nitrogen and oxygen atoms in total. The van der Waals surface area contributed by atoms with Crippen molar-refractivity contribution in [2.75, 3.05) is 13.1 Å². The van der Waals surface area contributed by atoms with Crippen molar-refractivity contribution in [3.8, 4) is 0 Å². The monoisotopic (exact) mass is 295 g/mol. The van der Waals surface area contributed by atoms with E-state index in [1.807, 2.05) is 0 Å². The molecular weight excluding hydrogens is 270 g/mol. The van der Waals surface area contributed by atoms with Crippen molar-refractivity contribution >= 4 is 23.1 Å². The number of likely N-dealkylation sites (tertiary alicyclic amines) is 1. The Morgan fingerprint density at radius 3 is 2.50 bits per heavy atom. The number of carbonyl (C=O) groups is 1. The minimum absolute atomic E-state index is 0.0901. The molecule has 2 aliphatic carbocycles. The highest BCUT2D eigenvalue weighted by atomic mass is 32.1. The van der Waals surface area contributed by atoms with E-state index in [4.69, 9.17) is 18.0 Å². The molecule has 1 heterocycles. The van der Waals surface area contributed by atoms with E-state index in [0.717, 1.165) is 51.2 Å². The molecule has 5 heteroatoms. The normalized spacial score (nSPS) is 30.1. The third kappa shape index (κ3) is 2.70. The number of hydrogen-bond acceptors (Lipinski definition) is 3. The Kier molecular flexibility index (Phi) is 4.00. The summed E-state index contributed by atoms with van der Waals surface area (Å²) in [6.07, 6.45) is 8.69. The Hall–Kier alpha value is -0.680. The van der Waals surface area contributed by atoms with E-state index < -0.39 is 5.41 Å². The van der Waals surface area contributed by atoms with Gasteiger partial charge in [-0.05, 0) is 32.1 Å². The maximum Gasteiger partial charge on any atom is 0.233 e. The Bertz CT molecular complexity index is 402. The fourth-order valence-corrected chi connectivity index (χ4v) is 4.04. The number of hydrogen-bond donors (Lipinski definition) is 2. The van der Waals surface area contributed by atoms with Crippen LogP contribution in [0.25, 0.3) is 0 Å². The summed E-state index contributed by atoms with van der Waals surface area (Å²) in [5.41, 5.74) is 5.35. The van der Waals surface area contributed by atoms with Gasteiger partial charge >= 0.3 is 0 Å². The molecule has 1 amide bonds. The van der Waals surface area contributed by atoms with Gasteiger partial charge in [0.05, 0.1) is 10.4 Å². The number of nitrogens with zero attached hydrogens (tertiary/aromatic N) is 1. The van der Waals surface area contributed by atoms with Gasteiger partial charge in [-0.2, -0.15) is 0 Å². The lowest BCUT2D eigenvalue weighted by Crippen LogP contribution is -2.53. The lowest BCUT2D eigenvalue weighted by atomic mass is 9.73. The zero-order valence-electron chi connectivity index (χ0n) is 12.1. The van der Waals surface area contributed by atoms with Crippen LogP contribution in [0.2, 0.25) is 0 Å². The summed E-state index contributed by atoms with van der Waals surface area (Å²) < 4.78 is 0. The summed E-state index contributed by atoms with van der Waals surface area (Å²) in [6.45, 7) is 2.12. The summed E-state index contributed by atoms with van der Waals surface area (Å²) in [4.78, 5) is 15.6. The summed E-state index contributed by atoms with van der Waals surface area (Å²) >= 11 is 5.23. The topological polar surface area (TPSA) is 58.4 Å². The second-order valence-electron chi connectivity index (χ2n) is 6.69. The largest absolute Gasteiger partial charge is 0.392 e. The molecule has 0 aromatic rings.